The lowest BCUT2D eigenvalue weighted by Gasteiger charge is -2.31. The summed E-state index contributed by atoms with van der Waals surface area (Å²) in [6.45, 7) is 6.21. The molecule has 0 radical (unpaired) electrons. The molecule has 8 heteroatoms. The Labute approximate surface area is 205 Å². The van der Waals surface area contributed by atoms with Gasteiger partial charge >= 0.3 is 18.0 Å². The Kier molecular flexibility index (Phi) is 9.99. The van der Waals surface area contributed by atoms with Gasteiger partial charge in [0.2, 0.25) is 0 Å². The molecule has 0 aromatic heterocycles. The van der Waals surface area contributed by atoms with E-state index < -0.39 is 47.7 Å². The Morgan fingerprint density at radius 1 is 0.886 bits per heavy atom. The molecule has 0 bridgehead atoms. The number of carboxylic acids is 1. The van der Waals surface area contributed by atoms with E-state index in [1.54, 1.807) is 20.8 Å². The number of rotatable bonds is 11. The van der Waals surface area contributed by atoms with E-state index in [0.29, 0.717) is 0 Å². The molecule has 0 heterocycles. The molecule has 2 aromatic carbocycles. The van der Waals surface area contributed by atoms with Gasteiger partial charge in [0.15, 0.2) is 0 Å². The highest BCUT2D eigenvalue weighted by Crippen LogP contribution is 2.25. The smallest absolute Gasteiger partial charge is 0.410 e. The van der Waals surface area contributed by atoms with Crippen molar-refractivity contribution in [2.45, 2.75) is 52.9 Å². The lowest BCUT2D eigenvalue weighted by molar-refractivity contribution is -0.166. The highest BCUT2D eigenvalue weighted by atomic mass is 16.6. The van der Waals surface area contributed by atoms with E-state index >= 15 is 0 Å². The van der Waals surface area contributed by atoms with E-state index in [1.165, 1.54) is 11.8 Å². The topological polar surface area (TPSA) is 110 Å². The minimum atomic E-state index is -1.26. The van der Waals surface area contributed by atoms with Gasteiger partial charge in [-0.3, -0.25) is 14.4 Å². The quantitative estimate of drug-likeness (QED) is 0.470. The molecule has 2 rings (SSSR count). The van der Waals surface area contributed by atoms with Gasteiger partial charge in [-0.1, -0.05) is 60.7 Å². The highest BCUT2D eigenvalue weighted by molar-refractivity contribution is 5.88. The molecule has 188 valence electrons. The van der Waals surface area contributed by atoms with Gasteiger partial charge < -0.3 is 19.5 Å². The predicted molar refractivity (Wildman–Crippen MR) is 129 cm³/mol. The second kappa shape index (κ2) is 12.7. The summed E-state index contributed by atoms with van der Waals surface area (Å²) in [5.41, 5.74) is 0.715. The van der Waals surface area contributed by atoms with Crippen LogP contribution in [0.3, 0.4) is 0 Å². The minimum absolute atomic E-state index is 0.0281. The van der Waals surface area contributed by atoms with E-state index in [9.17, 15) is 24.3 Å². The Morgan fingerprint density at radius 2 is 1.43 bits per heavy atom. The number of aliphatic carboxylic acids is 1. The molecule has 2 atom stereocenters. The molecular formula is C27H33NO7. The molecule has 0 aliphatic rings. The first-order chi connectivity index (χ1) is 16.5. The molecule has 0 saturated carbocycles. The zero-order chi connectivity index (χ0) is 26.0. The monoisotopic (exact) mass is 483 g/mol. The zero-order valence-electron chi connectivity index (χ0n) is 20.6. The van der Waals surface area contributed by atoms with Gasteiger partial charge in [0, 0.05) is 19.0 Å². The SMILES string of the molecule is CC(=O)C(CN(Cc1ccccc1)C(=O)OCc1ccccc1)[C@H](CC(=O)O)C(=O)OC(C)(C)C. The fraction of sp³-hybridized carbons (Fsp3) is 0.407. The van der Waals surface area contributed by atoms with Crippen LogP contribution in [0.25, 0.3) is 0 Å². The fourth-order valence-electron chi connectivity index (χ4n) is 3.55. The van der Waals surface area contributed by atoms with Gasteiger partial charge in [-0.25, -0.2) is 4.79 Å². The Balaban J connectivity index is 2.31. The standard InChI is InChI=1S/C27H33NO7/c1-19(29)23(22(15-24(30)31)25(32)35-27(2,3)4)17-28(16-20-11-7-5-8-12-20)26(33)34-18-21-13-9-6-10-14-21/h5-14,22-23H,15-18H2,1-4H3,(H,30,31)/t22-,23?/m0/s1. The Hall–Kier alpha value is -3.68. The van der Waals surface area contributed by atoms with Crippen LogP contribution in [-0.2, 0) is 37.0 Å². The molecule has 1 N–H and O–H groups in total. The molecule has 35 heavy (non-hydrogen) atoms. The minimum Gasteiger partial charge on any atom is -0.481 e. The number of benzene rings is 2. The number of nitrogens with zero attached hydrogens (tertiary/aromatic N) is 1. The van der Waals surface area contributed by atoms with Gasteiger partial charge in [0.25, 0.3) is 0 Å². The summed E-state index contributed by atoms with van der Waals surface area (Å²) in [6, 6.07) is 18.3. The summed E-state index contributed by atoms with van der Waals surface area (Å²) in [6.07, 6.45) is -1.28. The van der Waals surface area contributed by atoms with Crippen molar-refractivity contribution in [3.63, 3.8) is 0 Å². The predicted octanol–water partition coefficient (Wildman–Crippen LogP) is 4.46. The molecule has 1 unspecified atom stereocenters. The van der Waals surface area contributed by atoms with Crippen molar-refractivity contribution in [3.8, 4) is 0 Å². The van der Waals surface area contributed by atoms with E-state index in [1.807, 2.05) is 60.7 Å². The van der Waals surface area contributed by atoms with Crippen LogP contribution in [0, 0.1) is 11.8 Å². The summed E-state index contributed by atoms with van der Waals surface area (Å²) in [5, 5.41) is 9.43. The van der Waals surface area contributed by atoms with E-state index in [2.05, 4.69) is 0 Å². The van der Waals surface area contributed by atoms with Crippen molar-refractivity contribution in [3.05, 3.63) is 71.8 Å². The highest BCUT2D eigenvalue weighted by Gasteiger charge is 2.38. The van der Waals surface area contributed by atoms with Gasteiger partial charge in [-0.15, -0.1) is 0 Å². The first kappa shape index (κ1) is 27.6. The van der Waals surface area contributed by atoms with Crippen LogP contribution < -0.4 is 0 Å². The average Bonchev–Trinajstić information content (AvgIpc) is 2.78. The van der Waals surface area contributed by atoms with E-state index in [-0.39, 0.29) is 19.7 Å². The van der Waals surface area contributed by atoms with Crippen LogP contribution in [0.15, 0.2) is 60.7 Å². The summed E-state index contributed by atoms with van der Waals surface area (Å²) in [7, 11) is 0. The Bertz CT molecular complexity index is 999. The number of carboxylic acid groups (broad SMARTS) is 1. The summed E-state index contributed by atoms with van der Waals surface area (Å²) in [4.78, 5) is 51.5. The fourth-order valence-corrected chi connectivity index (χ4v) is 3.55. The van der Waals surface area contributed by atoms with Gasteiger partial charge in [-0.2, -0.15) is 0 Å². The number of hydrogen-bond donors (Lipinski definition) is 1. The number of amides is 1. The second-order valence-electron chi connectivity index (χ2n) is 9.36. The van der Waals surface area contributed by atoms with Crippen molar-refractivity contribution in [1.29, 1.82) is 0 Å². The lowest BCUT2D eigenvalue weighted by atomic mass is 9.85. The van der Waals surface area contributed by atoms with Crippen LogP contribution in [-0.4, -0.2) is 46.0 Å². The van der Waals surface area contributed by atoms with E-state index in [0.717, 1.165) is 11.1 Å². The molecule has 8 nitrogen and oxygen atoms in total. The second-order valence-corrected chi connectivity index (χ2v) is 9.36. The molecule has 0 fully saturated rings. The number of hydrogen-bond acceptors (Lipinski definition) is 6. The molecule has 1 amide bonds. The van der Waals surface area contributed by atoms with E-state index in [4.69, 9.17) is 9.47 Å². The van der Waals surface area contributed by atoms with Crippen LogP contribution in [0.5, 0.6) is 0 Å². The number of ketones is 1. The molecule has 0 saturated heterocycles. The van der Waals surface area contributed by atoms with Crippen LogP contribution in [0.4, 0.5) is 4.79 Å². The first-order valence-electron chi connectivity index (χ1n) is 11.4. The zero-order valence-corrected chi connectivity index (χ0v) is 20.6. The first-order valence-corrected chi connectivity index (χ1v) is 11.4. The van der Waals surface area contributed by atoms with Crippen molar-refractivity contribution in [1.82, 2.24) is 4.90 Å². The van der Waals surface area contributed by atoms with Crippen molar-refractivity contribution < 1.29 is 33.8 Å². The average molecular weight is 484 g/mol. The van der Waals surface area contributed by atoms with Crippen LogP contribution in [0.1, 0.15) is 45.2 Å². The van der Waals surface area contributed by atoms with Crippen molar-refractivity contribution in [2.24, 2.45) is 11.8 Å². The number of Topliss-reactive ketones (excluding diaryl/α,β-unsaturated/α-hetero) is 1. The van der Waals surface area contributed by atoms with Gasteiger partial charge in [0.1, 0.15) is 18.0 Å². The third-order valence-electron chi connectivity index (χ3n) is 5.21. The van der Waals surface area contributed by atoms with Crippen LogP contribution >= 0.6 is 0 Å². The number of carbonyl (C=O) groups excluding carboxylic acids is 3. The summed E-state index contributed by atoms with van der Waals surface area (Å²) >= 11 is 0. The third kappa shape index (κ3) is 9.60. The van der Waals surface area contributed by atoms with Gasteiger partial charge in [0.05, 0.1) is 12.3 Å². The largest absolute Gasteiger partial charge is 0.481 e. The maximum Gasteiger partial charge on any atom is 0.410 e. The summed E-state index contributed by atoms with van der Waals surface area (Å²) in [5.74, 6) is -4.81. The molecule has 0 aliphatic heterocycles. The molecular weight excluding hydrogens is 450 g/mol. The third-order valence-corrected chi connectivity index (χ3v) is 5.21. The normalized spacial score (nSPS) is 12.8. The number of ether oxygens (including phenoxy) is 2. The number of carbonyl (C=O) groups is 4. The molecule has 2 aromatic rings. The number of esters is 1. The maximum atomic E-state index is 13.1. The van der Waals surface area contributed by atoms with Crippen molar-refractivity contribution >= 4 is 23.8 Å². The Morgan fingerprint density at radius 3 is 1.91 bits per heavy atom. The molecule has 0 spiro atoms. The lowest BCUT2D eigenvalue weighted by Crippen LogP contribution is -2.44. The van der Waals surface area contributed by atoms with Gasteiger partial charge in [-0.05, 0) is 38.8 Å². The molecule has 0 aliphatic carbocycles. The van der Waals surface area contributed by atoms with Crippen molar-refractivity contribution in [2.75, 3.05) is 6.54 Å². The maximum absolute atomic E-state index is 13.1. The van der Waals surface area contributed by atoms with Crippen LogP contribution in [0.2, 0.25) is 0 Å². The summed E-state index contributed by atoms with van der Waals surface area (Å²) < 4.78 is 10.9.